The summed E-state index contributed by atoms with van der Waals surface area (Å²) < 4.78 is 27.7. The summed E-state index contributed by atoms with van der Waals surface area (Å²) in [6.07, 6.45) is 6.14. The van der Waals surface area contributed by atoms with Crippen LogP contribution in [-0.4, -0.2) is 36.5 Å². The molecule has 166 valence electrons. The van der Waals surface area contributed by atoms with Crippen LogP contribution in [-0.2, 0) is 10.0 Å². The van der Waals surface area contributed by atoms with Crippen molar-refractivity contribution in [1.82, 2.24) is 4.31 Å². The summed E-state index contributed by atoms with van der Waals surface area (Å²) in [6, 6.07) is 15.0. The van der Waals surface area contributed by atoms with Crippen LogP contribution in [0.3, 0.4) is 0 Å². The molecule has 1 saturated heterocycles. The van der Waals surface area contributed by atoms with Crippen molar-refractivity contribution in [2.24, 2.45) is 5.92 Å². The lowest BCUT2D eigenvalue weighted by Crippen LogP contribution is -2.65. The van der Waals surface area contributed by atoms with Crippen LogP contribution in [0.5, 0.6) is 0 Å². The molecule has 5 nitrogen and oxygen atoms in total. The molecule has 1 saturated carbocycles. The van der Waals surface area contributed by atoms with Crippen LogP contribution in [0.15, 0.2) is 53.4 Å². The molecule has 1 aliphatic heterocycles. The van der Waals surface area contributed by atoms with Crippen LogP contribution >= 0.6 is 0 Å². The SMILES string of the molecule is Cc1ccccc1S(=O)(=O)N1[C@H](C#N)[C@@H](c2ccc(C#CC3CCCCC3)cc2)[C@@H]1CO. The second-order valence-corrected chi connectivity index (χ2v) is 10.5. The van der Waals surface area contributed by atoms with Crippen molar-refractivity contribution < 1.29 is 13.5 Å². The molecule has 2 aromatic carbocycles. The number of rotatable bonds is 4. The van der Waals surface area contributed by atoms with E-state index in [1.165, 1.54) is 32.1 Å². The smallest absolute Gasteiger partial charge is 0.244 e. The summed E-state index contributed by atoms with van der Waals surface area (Å²) in [4.78, 5) is 0.172. The predicted molar refractivity (Wildman–Crippen MR) is 123 cm³/mol. The van der Waals surface area contributed by atoms with Gasteiger partial charge in [-0.2, -0.15) is 9.57 Å². The molecule has 0 aromatic heterocycles. The average Bonchev–Trinajstić information content (AvgIpc) is 2.79. The molecule has 2 aliphatic rings. The Hall–Kier alpha value is -2.64. The first-order valence-electron chi connectivity index (χ1n) is 11.2. The highest BCUT2D eigenvalue weighted by Crippen LogP contribution is 2.44. The van der Waals surface area contributed by atoms with Crippen molar-refractivity contribution in [3.05, 3.63) is 65.2 Å². The van der Waals surface area contributed by atoms with Crippen LogP contribution in [0.2, 0.25) is 0 Å². The van der Waals surface area contributed by atoms with Crippen molar-refractivity contribution in [3.8, 4) is 17.9 Å². The molecule has 1 N–H and O–H groups in total. The van der Waals surface area contributed by atoms with E-state index in [-0.39, 0.29) is 17.4 Å². The number of hydrogen-bond donors (Lipinski definition) is 1. The molecule has 4 rings (SSSR count). The Balaban J connectivity index is 1.56. The van der Waals surface area contributed by atoms with Gasteiger partial charge >= 0.3 is 0 Å². The van der Waals surface area contributed by atoms with E-state index < -0.39 is 22.1 Å². The zero-order chi connectivity index (χ0) is 22.7. The average molecular weight is 449 g/mol. The third-order valence-electron chi connectivity index (χ3n) is 6.65. The van der Waals surface area contributed by atoms with Crippen LogP contribution in [0.4, 0.5) is 0 Å². The zero-order valence-corrected chi connectivity index (χ0v) is 19.1. The number of nitrogens with zero attached hydrogens (tertiary/aromatic N) is 2. The summed E-state index contributed by atoms with van der Waals surface area (Å²) in [5, 5.41) is 19.8. The van der Waals surface area contributed by atoms with Gasteiger partial charge in [-0.3, -0.25) is 0 Å². The first-order valence-corrected chi connectivity index (χ1v) is 12.6. The number of aryl methyl sites for hydroxylation is 1. The lowest BCUT2D eigenvalue weighted by molar-refractivity contribution is 0.0556. The third kappa shape index (κ3) is 4.19. The van der Waals surface area contributed by atoms with Gasteiger partial charge in [0.2, 0.25) is 10.0 Å². The molecular formula is C26H28N2O3S. The minimum atomic E-state index is -3.90. The van der Waals surface area contributed by atoms with E-state index in [9.17, 15) is 18.8 Å². The molecule has 0 amide bonds. The van der Waals surface area contributed by atoms with E-state index in [4.69, 9.17) is 0 Å². The lowest BCUT2D eigenvalue weighted by atomic mass is 9.78. The Morgan fingerprint density at radius 3 is 2.38 bits per heavy atom. The fourth-order valence-corrected chi connectivity index (χ4v) is 6.86. The molecule has 0 radical (unpaired) electrons. The van der Waals surface area contributed by atoms with E-state index in [1.54, 1.807) is 31.2 Å². The highest BCUT2D eigenvalue weighted by Gasteiger charge is 2.55. The number of aliphatic hydroxyl groups is 1. The normalized spacial score (nSPS) is 24.1. The van der Waals surface area contributed by atoms with Gasteiger partial charge in [-0.15, -0.1) is 0 Å². The molecular weight excluding hydrogens is 420 g/mol. The van der Waals surface area contributed by atoms with E-state index in [0.717, 1.165) is 15.4 Å². The molecule has 2 aromatic rings. The highest BCUT2D eigenvalue weighted by atomic mass is 32.2. The maximum Gasteiger partial charge on any atom is 0.244 e. The van der Waals surface area contributed by atoms with Gasteiger partial charge in [-0.1, -0.05) is 61.4 Å². The second kappa shape index (κ2) is 9.46. The number of hydrogen-bond acceptors (Lipinski definition) is 4. The largest absolute Gasteiger partial charge is 0.395 e. The first kappa shape index (κ1) is 22.6. The number of nitriles is 1. The molecule has 6 heteroatoms. The molecule has 1 heterocycles. The highest BCUT2D eigenvalue weighted by molar-refractivity contribution is 7.89. The Kier molecular flexibility index (Phi) is 6.67. The number of benzene rings is 2. The van der Waals surface area contributed by atoms with E-state index in [0.29, 0.717) is 11.5 Å². The molecule has 32 heavy (non-hydrogen) atoms. The van der Waals surface area contributed by atoms with E-state index in [2.05, 4.69) is 17.9 Å². The molecule has 0 unspecified atom stereocenters. The minimum absolute atomic E-state index is 0.172. The maximum absolute atomic E-state index is 13.3. The Morgan fingerprint density at radius 2 is 1.75 bits per heavy atom. The summed E-state index contributed by atoms with van der Waals surface area (Å²) in [7, 11) is -3.90. The molecule has 3 atom stereocenters. The van der Waals surface area contributed by atoms with Crippen LogP contribution < -0.4 is 0 Å². The van der Waals surface area contributed by atoms with Crippen LogP contribution in [0, 0.1) is 36.0 Å². The van der Waals surface area contributed by atoms with Gasteiger partial charge in [0, 0.05) is 17.4 Å². The minimum Gasteiger partial charge on any atom is -0.395 e. The molecule has 2 fully saturated rings. The van der Waals surface area contributed by atoms with Gasteiger partial charge in [0.05, 0.1) is 23.6 Å². The zero-order valence-electron chi connectivity index (χ0n) is 18.2. The van der Waals surface area contributed by atoms with Crippen LogP contribution in [0.1, 0.15) is 54.7 Å². The topological polar surface area (TPSA) is 81.4 Å². The van der Waals surface area contributed by atoms with Crippen LogP contribution in [0.25, 0.3) is 0 Å². The van der Waals surface area contributed by atoms with Gasteiger partial charge in [-0.25, -0.2) is 8.42 Å². The number of sulfonamides is 1. The fourth-order valence-electron chi connectivity index (χ4n) is 4.88. The predicted octanol–water partition coefficient (Wildman–Crippen LogP) is 3.97. The Bertz CT molecular complexity index is 1170. The maximum atomic E-state index is 13.3. The summed E-state index contributed by atoms with van der Waals surface area (Å²) >= 11 is 0. The summed E-state index contributed by atoms with van der Waals surface area (Å²) in [5.41, 5.74) is 2.37. The summed E-state index contributed by atoms with van der Waals surface area (Å²) in [6.45, 7) is 1.38. The van der Waals surface area contributed by atoms with Crippen molar-refractivity contribution >= 4 is 10.0 Å². The number of aliphatic hydroxyl groups excluding tert-OH is 1. The monoisotopic (exact) mass is 448 g/mol. The van der Waals surface area contributed by atoms with Gasteiger partial charge in [-0.05, 0) is 49.1 Å². The Labute approximate surface area is 190 Å². The first-order chi connectivity index (χ1) is 15.5. The van der Waals surface area contributed by atoms with E-state index >= 15 is 0 Å². The van der Waals surface area contributed by atoms with Crippen molar-refractivity contribution in [1.29, 1.82) is 5.26 Å². The fraction of sp³-hybridized carbons (Fsp3) is 0.423. The summed E-state index contributed by atoms with van der Waals surface area (Å²) in [5.74, 6) is 6.72. The van der Waals surface area contributed by atoms with Gasteiger partial charge in [0.15, 0.2) is 0 Å². The van der Waals surface area contributed by atoms with Gasteiger partial charge < -0.3 is 5.11 Å². The standard InChI is InChI=1S/C26H28N2O3S/c1-19-7-5-6-10-25(19)32(30,31)28-23(17-27)26(24(28)18-29)22-15-13-21(14-16-22)12-11-20-8-3-2-4-9-20/h5-7,10,13-16,20,23-24,26,29H,2-4,8-9,18H2,1H3/t23-,24+,26-/m1/s1. The van der Waals surface area contributed by atoms with Gasteiger partial charge in [0.25, 0.3) is 0 Å². The molecule has 0 bridgehead atoms. The van der Waals surface area contributed by atoms with Crippen molar-refractivity contribution in [3.63, 3.8) is 0 Å². The Morgan fingerprint density at radius 1 is 1.06 bits per heavy atom. The quantitative estimate of drug-likeness (QED) is 0.718. The molecule has 0 spiro atoms. The van der Waals surface area contributed by atoms with E-state index in [1.807, 2.05) is 24.3 Å². The third-order valence-corrected chi connectivity index (χ3v) is 8.71. The van der Waals surface area contributed by atoms with Gasteiger partial charge in [0.1, 0.15) is 6.04 Å². The molecule has 1 aliphatic carbocycles. The lowest BCUT2D eigenvalue weighted by Gasteiger charge is -2.50. The van der Waals surface area contributed by atoms with Crippen molar-refractivity contribution in [2.75, 3.05) is 6.61 Å². The second-order valence-electron chi connectivity index (χ2n) is 8.68. The van der Waals surface area contributed by atoms with Crippen molar-refractivity contribution in [2.45, 2.75) is 61.9 Å².